The number of benzene rings is 1. The number of nitrogens with two attached hydrogens (primary N) is 1. The molecule has 0 fully saturated rings. The van der Waals surface area contributed by atoms with Crippen LogP contribution in [0, 0.1) is 0 Å². The molecule has 0 radical (unpaired) electrons. The molecule has 0 atom stereocenters. The highest BCUT2D eigenvalue weighted by molar-refractivity contribution is 5.57. The van der Waals surface area contributed by atoms with Gasteiger partial charge in [0.1, 0.15) is 5.82 Å². The number of hydrogen-bond donors (Lipinski definition) is 2. The zero-order valence-electron chi connectivity index (χ0n) is 11.3. The Morgan fingerprint density at radius 1 is 1.14 bits per heavy atom. The summed E-state index contributed by atoms with van der Waals surface area (Å²) in [5.41, 5.74) is 6.62. The molecule has 2 aromatic rings. The van der Waals surface area contributed by atoms with Crippen LogP contribution in [0.15, 0.2) is 42.6 Å². The summed E-state index contributed by atoms with van der Waals surface area (Å²) in [4.78, 5) is 3.78. The van der Waals surface area contributed by atoms with E-state index in [0.717, 1.165) is 36.4 Å². The van der Waals surface area contributed by atoms with E-state index in [1.165, 1.54) is 6.07 Å². The van der Waals surface area contributed by atoms with Crippen LogP contribution in [-0.2, 0) is 12.6 Å². The van der Waals surface area contributed by atoms with Gasteiger partial charge in [0, 0.05) is 11.9 Å². The molecule has 112 valence electrons. The molecule has 0 aliphatic heterocycles. The molecule has 0 bridgehead atoms. The lowest BCUT2D eigenvalue weighted by Gasteiger charge is -2.09. The minimum atomic E-state index is -4.37. The minimum absolute atomic E-state index is 0.374. The lowest BCUT2D eigenvalue weighted by atomic mass is 10.1. The molecular formula is C15H16F3N3. The molecule has 2 rings (SSSR count). The quantitative estimate of drug-likeness (QED) is 0.883. The Bertz CT molecular complexity index is 579. The Morgan fingerprint density at radius 3 is 2.57 bits per heavy atom. The first kappa shape index (κ1) is 15.3. The lowest BCUT2D eigenvalue weighted by Crippen LogP contribution is -2.05. The monoisotopic (exact) mass is 295 g/mol. The Balaban J connectivity index is 2.07. The maximum Gasteiger partial charge on any atom is 0.417 e. The van der Waals surface area contributed by atoms with Gasteiger partial charge in [0.2, 0.25) is 0 Å². The van der Waals surface area contributed by atoms with Crippen LogP contribution in [0.1, 0.15) is 17.5 Å². The Hall–Kier alpha value is -2.08. The van der Waals surface area contributed by atoms with E-state index in [-0.39, 0.29) is 0 Å². The summed E-state index contributed by atoms with van der Waals surface area (Å²) in [6.45, 7) is 0.623. The van der Waals surface area contributed by atoms with Gasteiger partial charge >= 0.3 is 6.18 Å². The summed E-state index contributed by atoms with van der Waals surface area (Å²) in [6, 6.07) is 9.97. The molecule has 0 saturated heterocycles. The molecule has 3 nitrogen and oxygen atoms in total. The van der Waals surface area contributed by atoms with E-state index in [9.17, 15) is 13.2 Å². The Morgan fingerprint density at radius 2 is 1.95 bits per heavy atom. The average Bonchev–Trinajstić information content (AvgIpc) is 2.45. The first-order valence-corrected chi connectivity index (χ1v) is 6.58. The Labute approximate surface area is 121 Å². The van der Waals surface area contributed by atoms with Crippen LogP contribution >= 0.6 is 0 Å². The molecule has 0 unspecified atom stereocenters. The first-order valence-electron chi connectivity index (χ1n) is 6.58. The number of aromatic nitrogens is 1. The van der Waals surface area contributed by atoms with Gasteiger partial charge in [0.25, 0.3) is 0 Å². The van der Waals surface area contributed by atoms with E-state index in [0.29, 0.717) is 12.4 Å². The number of aryl methyl sites for hydroxylation is 1. The van der Waals surface area contributed by atoms with Crippen LogP contribution in [0.2, 0.25) is 0 Å². The van der Waals surface area contributed by atoms with Crippen LogP contribution in [0.25, 0.3) is 0 Å². The van der Waals surface area contributed by atoms with Gasteiger partial charge in [0.05, 0.1) is 5.56 Å². The fraction of sp³-hybridized carbons (Fsp3) is 0.267. The maximum atomic E-state index is 12.4. The van der Waals surface area contributed by atoms with E-state index >= 15 is 0 Å². The molecule has 0 saturated carbocycles. The molecule has 1 heterocycles. The van der Waals surface area contributed by atoms with Crippen molar-refractivity contribution in [3.63, 3.8) is 0 Å². The van der Waals surface area contributed by atoms with Gasteiger partial charge in [0.15, 0.2) is 0 Å². The van der Waals surface area contributed by atoms with Crippen molar-refractivity contribution in [2.45, 2.75) is 19.0 Å². The van der Waals surface area contributed by atoms with E-state index < -0.39 is 11.7 Å². The summed E-state index contributed by atoms with van der Waals surface area (Å²) in [6.07, 6.45) is -1.79. The minimum Gasteiger partial charge on any atom is -0.340 e. The summed E-state index contributed by atoms with van der Waals surface area (Å²) >= 11 is 0. The molecule has 0 aliphatic rings. The summed E-state index contributed by atoms with van der Waals surface area (Å²) in [7, 11) is 0. The molecule has 0 aliphatic carbocycles. The number of rotatable bonds is 5. The highest BCUT2D eigenvalue weighted by atomic mass is 19.4. The third kappa shape index (κ3) is 4.46. The smallest absolute Gasteiger partial charge is 0.340 e. The standard InChI is InChI=1S/C15H16F3N3/c16-15(17,18)12-6-7-14(20-10-12)21-13-5-1-3-11(9-13)4-2-8-19/h1,3,5-7,9-10H,2,4,8,19H2,(H,20,21). The fourth-order valence-electron chi connectivity index (χ4n) is 1.89. The van der Waals surface area contributed by atoms with Crippen molar-refractivity contribution in [2.24, 2.45) is 5.73 Å². The third-order valence-corrected chi connectivity index (χ3v) is 2.96. The second-order valence-electron chi connectivity index (χ2n) is 4.65. The molecule has 0 spiro atoms. The van der Waals surface area contributed by atoms with E-state index in [4.69, 9.17) is 5.73 Å². The van der Waals surface area contributed by atoms with Crippen molar-refractivity contribution >= 4 is 11.5 Å². The zero-order chi connectivity index (χ0) is 15.3. The van der Waals surface area contributed by atoms with Crippen LogP contribution in [0.5, 0.6) is 0 Å². The van der Waals surface area contributed by atoms with Gasteiger partial charge in [-0.1, -0.05) is 12.1 Å². The van der Waals surface area contributed by atoms with E-state index in [1.807, 2.05) is 24.3 Å². The predicted octanol–water partition coefficient (Wildman–Crippen LogP) is 3.74. The van der Waals surface area contributed by atoms with Gasteiger partial charge < -0.3 is 11.1 Å². The fourth-order valence-corrected chi connectivity index (χ4v) is 1.89. The van der Waals surface area contributed by atoms with Crippen molar-refractivity contribution < 1.29 is 13.2 Å². The number of alkyl halides is 3. The third-order valence-electron chi connectivity index (χ3n) is 2.96. The maximum absolute atomic E-state index is 12.4. The largest absolute Gasteiger partial charge is 0.417 e. The molecule has 1 aromatic carbocycles. The van der Waals surface area contributed by atoms with Gasteiger partial charge in [-0.3, -0.25) is 0 Å². The number of halogens is 3. The SMILES string of the molecule is NCCCc1cccc(Nc2ccc(C(F)(F)F)cn2)c1. The second kappa shape index (κ2) is 6.58. The van der Waals surface area contributed by atoms with Crippen molar-refractivity contribution in [2.75, 3.05) is 11.9 Å². The number of hydrogen-bond acceptors (Lipinski definition) is 3. The highest BCUT2D eigenvalue weighted by Gasteiger charge is 2.30. The average molecular weight is 295 g/mol. The topological polar surface area (TPSA) is 50.9 Å². The lowest BCUT2D eigenvalue weighted by molar-refractivity contribution is -0.137. The molecule has 3 N–H and O–H groups in total. The summed E-state index contributed by atoms with van der Waals surface area (Å²) in [5, 5.41) is 2.99. The summed E-state index contributed by atoms with van der Waals surface area (Å²) in [5.74, 6) is 0.374. The van der Waals surface area contributed by atoms with Crippen LogP contribution in [-0.4, -0.2) is 11.5 Å². The number of nitrogens with zero attached hydrogens (tertiary/aromatic N) is 1. The van der Waals surface area contributed by atoms with Crippen LogP contribution in [0.4, 0.5) is 24.7 Å². The van der Waals surface area contributed by atoms with E-state index in [2.05, 4.69) is 10.3 Å². The molecule has 6 heteroatoms. The van der Waals surface area contributed by atoms with Crippen LogP contribution < -0.4 is 11.1 Å². The molecule has 21 heavy (non-hydrogen) atoms. The molecule has 0 amide bonds. The van der Waals surface area contributed by atoms with Gasteiger partial charge in [-0.25, -0.2) is 4.98 Å². The second-order valence-corrected chi connectivity index (χ2v) is 4.65. The molecule has 1 aromatic heterocycles. The van der Waals surface area contributed by atoms with Crippen molar-refractivity contribution in [1.29, 1.82) is 0 Å². The highest BCUT2D eigenvalue weighted by Crippen LogP contribution is 2.29. The first-order chi connectivity index (χ1) is 9.99. The normalized spacial score (nSPS) is 11.4. The predicted molar refractivity (Wildman–Crippen MR) is 76.3 cm³/mol. The Kier molecular flexibility index (Phi) is 4.80. The van der Waals surface area contributed by atoms with Gasteiger partial charge in [-0.2, -0.15) is 13.2 Å². The molecular weight excluding hydrogens is 279 g/mol. The van der Waals surface area contributed by atoms with Crippen molar-refractivity contribution in [1.82, 2.24) is 4.98 Å². The zero-order valence-corrected chi connectivity index (χ0v) is 11.3. The van der Waals surface area contributed by atoms with E-state index in [1.54, 1.807) is 0 Å². The van der Waals surface area contributed by atoms with Crippen molar-refractivity contribution in [3.05, 3.63) is 53.7 Å². The number of nitrogens with one attached hydrogen (secondary N) is 1. The van der Waals surface area contributed by atoms with Crippen molar-refractivity contribution in [3.8, 4) is 0 Å². The summed E-state index contributed by atoms with van der Waals surface area (Å²) < 4.78 is 37.3. The number of pyridine rings is 1. The van der Waals surface area contributed by atoms with Gasteiger partial charge in [-0.05, 0) is 49.2 Å². The number of anilines is 2. The van der Waals surface area contributed by atoms with Crippen LogP contribution in [0.3, 0.4) is 0 Å². The van der Waals surface area contributed by atoms with Gasteiger partial charge in [-0.15, -0.1) is 0 Å².